The van der Waals surface area contributed by atoms with E-state index in [1.165, 1.54) is 13.1 Å². The maximum Gasteiger partial charge on any atom is 0.258 e. The molecule has 0 fully saturated rings. The SMILES string of the molecule is CC(=O)Nc1ccc(NC(=O)c2cnn(-c3cccc(Br)c3)c2)cc1. The largest absolute Gasteiger partial charge is 0.326 e. The molecular weight excluding hydrogens is 384 g/mol. The molecule has 0 aliphatic rings. The van der Waals surface area contributed by atoms with Gasteiger partial charge in [-0.2, -0.15) is 5.10 Å². The van der Waals surface area contributed by atoms with Gasteiger partial charge in [0, 0.05) is 29.0 Å². The minimum Gasteiger partial charge on any atom is -0.326 e. The van der Waals surface area contributed by atoms with Gasteiger partial charge in [-0.05, 0) is 42.5 Å². The van der Waals surface area contributed by atoms with Crippen molar-refractivity contribution in [3.05, 3.63) is 71.0 Å². The number of aromatic nitrogens is 2. The van der Waals surface area contributed by atoms with Gasteiger partial charge in [0.25, 0.3) is 5.91 Å². The van der Waals surface area contributed by atoms with E-state index in [2.05, 4.69) is 31.7 Å². The molecule has 0 saturated heterocycles. The number of halogens is 1. The fourth-order valence-electron chi connectivity index (χ4n) is 2.24. The number of nitrogens with zero attached hydrogens (tertiary/aromatic N) is 2. The van der Waals surface area contributed by atoms with Crippen LogP contribution in [0.4, 0.5) is 11.4 Å². The van der Waals surface area contributed by atoms with Crippen molar-refractivity contribution in [3.8, 4) is 5.69 Å². The molecule has 0 saturated carbocycles. The van der Waals surface area contributed by atoms with Crippen molar-refractivity contribution in [2.24, 2.45) is 0 Å². The monoisotopic (exact) mass is 398 g/mol. The Labute approximate surface area is 153 Å². The summed E-state index contributed by atoms with van der Waals surface area (Å²) in [7, 11) is 0. The van der Waals surface area contributed by atoms with E-state index in [4.69, 9.17) is 0 Å². The minimum absolute atomic E-state index is 0.142. The lowest BCUT2D eigenvalue weighted by Gasteiger charge is -2.06. The van der Waals surface area contributed by atoms with Crippen molar-refractivity contribution in [3.63, 3.8) is 0 Å². The van der Waals surface area contributed by atoms with Crippen molar-refractivity contribution in [2.45, 2.75) is 6.92 Å². The molecule has 0 atom stereocenters. The lowest BCUT2D eigenvalue weighted by molar-refractivity contribution is -0.114. The first kappa shape index (κ1) is 16.9. The van der Waals surface area contributed by atoms with Crippen LogP contribution in [-0.4, -0.2) is 21.6 Å². The topological polar surface area (TPSA) is 76.0 Å². The molecule has 3 aromatic rings. The zero-order chi connectivity index (χ0) is 17.8. The average molecular weight is 399 g/mol. The van der Waals surface area contributed by atoms with Gasteiger partial charge in [0.15, 0.2) is 0 Å². The molecule has 1 aromatic heterocycles. The molecule has 2 amide bonds. The summed E-state index contributed by atoms with van der Waals surface area (Å²) in [6.45, 7) is 1.44. The van der Waals surface area contributed by atoms with Crippen molar-refractivity contribution in [1.82, 2.24) is 9.78 Å². The van der Waals surface area contributed by atoms with Crippen LogP contribution < -0.4 is 10.6 Å². The summed E-state index contributed by atoms with van der Waals surface area (Å²) < 4.78 is 2.57. The number of anilines is 2. The molecule has 25 heavy (non-hydrogen) atoms. The van der Waals surface area contributed by atoms with Crippen LogP contribution in [0.2, 0.25) is 0 Å². The highest BCUT2D eigenvalue weighted by Crippen LogP contribution is 2.17. The van der Waals surface area contributed by atoms with Gasteiger partial charge < -0.3 is 10.6 Å². The number of carbonyl (C=O) groups excluding carboxylic acids is 2. The summed E-state index contributed by atoms with van der Waals surface area (Å²) in [6, 6.07) is 14.5. The highest BCUT2D eigenvalue weighted by atomic mass is 79.9. The zero-order valence-electron chi connectivity index (χ0n) is 13.4. The molecule has 0 aliphatic carbocycles. The third-order valence-electron chi connectivity index (χ3n) is 3.38. The smallest absolute Gasteiger partial charge is 0.258 e. The predicted octanol–water partition coefficient (Wildman–Crippen LogP) is 3.85. The molecule has 126 valence electrons. The molecule has 0 spiro atoms. The van der Waals surface area contributed by atoms with Gasteiger partial charge in [-0.25, -0.2) is 4.68 Å². The van der Waals surface area contributed by atoms with Crippen LogP contribution in [0.3, 0.4) is 0 Å². The predicted molar refractivity (Wildman–Crippen MR) is 100.0 cm³/mol. The van der Waals surface area contributed by atoms with Gasteiger partial charge in [0.05, 0.1) is 17.4 Å². The number of benzene rings is 2. The maximum absolute atomic E-state index is 12.3. The molecule has 7 heteroatoms. The Balaban J connectivity index is 1.70. The Bertz CT molecular complexity index is 919. The Morgan fingerprint density at radius 3 is 2.36 bits per heavy atom. The van der Waals surface area contributed by atoms with E-state index >= 15 is 0 Å². The number of nitrogens with one attached hydrogen (secondary N) is 2. The molecule has 6 nitrogen and oxygen atoms in total. The van der Waals surface area contributed by atoms with Gasteiger partial charge in [-0.1, -0.05) is 22.0 Å². The number of carbonyl (C=O) groups is 2. The Morgan fingerprint density at radius 1 is 1.04 bits per heavy atom. The standard InChI is InChI=1S/C18H15BrN4O2/c1-12(24)21-15-5-7-16(8-6-15)22-18(25)13-10-20-23(11-13)17-4-2-3-14(19)9-17/h2-11H,1H3,(H,21,24)(H,22,25). The summed E-state index contributed by atoms with van der Waals surface area (Å²) in [5.74, 6) is -0.398. The van der Waals surface area contributed by atoms with E-state index in [0.717, 1.165) is 10.2 Å². The molecular formula is C18H15BrN4O2. The van der Waals surface area contributed by atoms with Crippen molar-refractivity contribution >= 4 is 39.1 Å². The van der Waals surface area contributed by atoms with Crippen LogP contribution in [0.15, 0.2) is 65.4 Å². The van der Waals surface area contributed by atoms with E-state index in [0.29, 0.717) is 16.9 Å². The van der Waals surface area contributed by atoms with E-state index in [1.807, 2.05) is 24.3 Å². The van der Waals surface area contributed by atoms with E-state index < -0.39 is 0 Å². The van der Waals surface area contributed by atoms with Gasteiger partial charge in [0.2, 0.25) is 5.91 Å². The number of rotatable bonds is 4. The summed E-state index contributed by atoms with van der Waals surface area (Å²) in [5.41, 5.74) is 2.61. The van der Waals surface area contributed by atoms with Gasteiger partial charge in [0.1, 0.15) is 0 Å². The molecule has 2 aromatic carbocycles. The third kappa shape index (κ3) is 4.33. The molecule has 0 aliphatic heterocycles. The molecule has 0 radical (unpaired) electrons. The zero-order valence-corrected chi connectivity index (χ0v) is 14.9. The Hall–Kier alpha value is -2.93. The van der Waals surface area contributed by atoms with Crippen molar-refractivity contribution in [1.29, 1.82) is 0 Å². The van der Waals surface area contributed by atoms with Crippen molar-refractivity contribution < 1.29 is 9.59 Å². The lowest BCUT2D eigenvalue weighted by atomic mass is 10.2. The summed E-state index contributed by atoms with van der Waals surface area (Å²) in [5, 5.41) is 9.70. The quantitative estimate of drug-likeness (QED) is 0.700. The van der Waals surface area contributed by atoms with E-state index in [9.17, 15) is 9.59 Å². The van der Waals surface area contributed by atoms with Gasteiger partial charge in [-0.3, -0.25) is 9.59 Å². The fourth-order valence-corrected chi connectivity index (χ4v) is 2.63. The third-order valence-corrected chi connectivity index (χ3v) is 3.87. The minimum atomic E-state index is -0.256. The van der Waals surface area contributed by atoms with Crippen molar-refractivity contribution in [2.75, 3.05) is 10.6 Å². The molecule has 1 heterocycles. The van der Waals surface area contributed by atoms with Crippen LogP contribution >= 0.6 is 15.9 Å². The molecule has 0 bridgehead atoms. The highest BCUT2D eigenvalue weighted by Gasteiger charge is 2.10. The lowest BCUT2D eigenvalue weighted by Crippen LogP contribution is -2.11. The Morgan fingerprint density at radius 2 is 1.72 bits per heavy atom. The highest BCUT2D eigenvalue weighted by molar-refractivity contribution is 9.10. The van der Waals surface area contributed by atoms with E-state index in [1.54, 1.807) is 35.1 Å². The van der Waals surface area contributed by atoms with Crippen LogP contribution in [0.5, 0.6) is 0 Å². The number of hydrogen-bond donors (Lipinski definition) is 2. The second-order valence-corrected chi connectivity index (χ2v) is 6.28. The van der Waals surface area contributed by atoms with Crippen LogP contribution in [0.1, 0.15) is 17.3 Å². The summed E-state index contributed by atoms with van der Waals surface area (Å²) in [4.78, 5) is 23.4. The second-order valence-electron chi connectivity index (χ2n) is 5.37. The van der Waals surface area contributed by atoms with Crippen LogP contribution in [0.25, 0.3) is 5.69 Å². The summed E-state index contributed by atoms with van der Waals surface area (Å²) in [6.07, 6.45) is 3.19. The van der Waals surface area contributed by atoms with E-state index in [-0.39, 0.29) is 11.8 Å². The average Bonchev–Trinajstić information content (AvgIpc) is 3.06. The second kappa shape index (κ2) is 7.31. The first-order valence-electron chi connectivity index (χ1n) is 7.51. The van der Waals surface area contributed by atoms with Gasteiger partial charge >= 0.3 is 0 Å². The molecule has 0 unspecified atom stereocenters. The number of hydrogen-bond acceptors (Lipinski definition) is 3. The number of amides is 2. The Kier molecular flexibility index (Phi) is 4.95. The fraction of sp³-hybridized carbons (Fsp3) is 0.0556. The molecule has 2 N–H and O–H groups in total. The first-order valence-corrected chi connectivity index (χ1v) is 8.30. The maximum atomic E-state index is 12.3. The van der Waals surface area contributed by atoms with Crippen LogP contribution in [0, 0.1) is 0 Å². The van der Waals surface area contributed by atoms with Crippen LogP contribution in [-0.2, 0) is 4.79 Å². The van der Waals surface area contributed by atoms with Gasteiger partial charge in [-0.15, -0.1) is 0 Å². The summed E-state index contributed by atoms with van der Waals surface area (Å²) >= 11 is 3.41. The molecule has 3 rings (SSSR count). The first-order chi connectivity index (χ1) is 12.0. The normalized spacial score (nSPS) is 10.3.